The fourth-order valence-electron chi connectivity index (χ4n) is 6.91. The van der Waals surface area contributed by atoms with Gasteiger partial charge in [-0.3, -0.25) is 0 Å². The van der Waals surface area contributed by atoms with E-state index in [1.54, 1.807) is 0 Å². The standard InChI is InChI=1S/C32H46F5NO4SSi/c1-20(2)28-26-27(25-23(38(28)39)18-31(6,7)19-24(25)42-44(8,9)30(3,4)5)32(14-16-40-17-15-32)41-29(26)21-10-12-22(13-11-21)43(33,34,35,36)37/h10-13,20,24,29H,14-19H2,1-9H3/t24-,29+/m0/s1. The maximum atomic E-state index is 14.5. The van der Waals surface area contributed by atoms with Crippen LogP contribution >= 0.6 is 10.2 Å². The topological polar surface area (TPSA) is 54.6 Å². The Morgan fingerprint density at radius 3 is 2.07 bits per heavy atom. The summed E-state index contributed by atoms with van der Waals surface area (Å²) in [5.41, 5.74) is 2.68. The molecule has 5 rings (SSSR count). The van der Waals surface area contributed by atoms with Crippen LogP contribution in [0.2, 0.25) is 18.1 Å². The fraction of sp³-hybridized carbons (Fsp3) is 0.656. The fourth-order valence-corrected chi connectivity index (χ4v) is 8.82. The summed E-state index contributed by atoms with van der Waals surface area (Å²) < 4.78 is 88.9. The molecule has 1 saturated heterocycles. The van der Waals surface area contributed by atoms with Gasteiger partial charge < -0.3 is 19.1 Å². The minimum atomic E-state index is -9.87. The largest absolute Gasteiger partial charge is 0.618 e. The molecule has 0 radical (unpaired) electrons. The van der Waals surface area contributed by atoms with E-state index in [-0.39, 0.29) is 22.5 Å². The van der Waals surface area contributed by atoms with Crippen molar-refractivity contribution in [2.45, 2.75) is 121 Å². The average Bonchev–Trinajstić information content (AvgIpc) is 3.15. The van der Waals surface area contributed by atoms with Crippen molar-refractivity contribution in [3.8, 4) is 0 Å². The predicted molar refractivity (Wildman–Crippen MR) is 165 cm³/mol. The number of ether oxygens (including phenoxy) is 2. The molecule has 248 valence electrons. The van der Waals surface area contributed by atoms with Crippen LogP contribution in [0.3, 0.4) is 0 Å². The summed E-state index contributed by atoms with van der Waals surface area (Å²) in [6, 6.07) is 2.98. The maximum Gasteiger partial charge on any atom is 0.310 e. The summed E-state index contributed by atoms with van der Waals surface area (Å²) in [5, 5.41) is 14.4. The van der Waals surface area contributed by atoms with Crippen LogP contribution in [0.25, 0.3) is 0 Å². The van der Waals surface area contributed by atoms with Crippen molar-refractivity contribution >= 4 is 18.5 Å². The molecule has 2 aromatic rings. The molecule has 0 amide bonds. The number of pyridine rings is 1. The van der Waals surface area contributed by atoms with Crippen molar-refractivity contribution in [2.24, 2.45) is 5.41 Å². The predicted octanol–water partition coefficient (Wildman–Crippen LogP) is 10.3. The Hall–Kier alpha value is -1.73. The molecule has 1 aliphatic carbocycles. The molecular formula is C32H46F5NO4SSi. The van der Waals surface area contributed by atoms with Crippen molar-refractivity contribution in [1.82, 2.24) is 0 Å². The molecule has 2 aliphatic heterocycles. The van der Waals surface area contributed by atoms with E-state index in [2.05, 4.69) is 47.7 Å². The first kappa shape index (κ1) is 33.6. The number of nitrogens with zero attached hydrogens (tertiary/aromatic N) is 1. The highest BCUT2D eigenvalue weighted by Gasteiger charge is 2.65. The molecule has 1 fully saturated rings. The van der Waals surface area contributed by atoms with Gasteiger partial charge in [-0.1, -0.05) is 80.0 Å². The summed E-state index contributed by atoms with van der Waals surface area (Å²) in [6.45, 7) is 19.8. The van der Waals surface area contributed by atoms with E-state index in [0.717, 1.165) is 28.0 Å². The number of hydrogen-bond donors (Lipinski definition) is 0. The molecular weight excluding hydrogens is 617 g/mol. The zero-order chi connectivity index (χ0) is 33.0. The molecule has 0 unspecified atom stereocenters. The molecule has 0 bridgehead atoms. The first-order chi connectivity index (χ1) is 19.8. The summed E-state index contributed by atoms with van der Waals surface area (Å²) in [7, 11) is -12.2. The monoisotopic (exact) mass is 663 g/mol. The Bertz CT molecular complexity index is 1460. The number of aromatic nitrogens is 1. The molecule has 3 aliphatic rings. The molecule has 1 spiro atoms. The molecule has 1 aromatic heterocycles. The Morgan fingerprint density at radius 2 is 1.57 bits per heavy atom. The molecule has 0 N–H and O–H groups in total. The van der Waals surface area contributed by atoms with Gasteiger partial charge in [0.25, 0.3) is 0 Å². The number of rotatable bonds is 5. The van der Waals surface area contributed by atoms with Gasteiger partial charge in [-0.05, 0) is 47.7 Å². The second-order valence-electron chi connectivity index (χ2n) is 15.5. The van der Waals surface area contributed by atoms with Gasteiger partial charge in [-0.25, -0.2) is 0 Å². The van der Waals surface area contributed by atoms with Gasteiger partial charge in [-0.15, -0.1) is 0 Å². The van der Waals surface area contributed by atoms with E-state index in [1.807, 2.05) is 13.8 Å². The molecule has 1 aromatic carbocycles. The van der Waals surface area contributed by atoms with Gasteiger partial charge in [0, 0.05) is 44.0 Å². The van der Waals surface area contributed by atoms with E-state index in [9.17, 15) is 24.6 Å². The third kappa shape index (κ3) is 5.82. The average molecular weight is 664 g/mol. The quantitative estimate of drug-likeness (QED) is 0.138. The summed E-state index contributed by atoms with van der Waals surface area (Å²) in [4.78, 5) is -1.95. The summed E-state index contributed by atoms with van der Waals surface area (Å²) in [6.07, 6.45) is 0.901. The van der Waals surface area contributed by atoms with Gasteiger partial charge in [0.05, 0.1) is 22.8 Å². The van der Waals surface area contributed by atoms with Crippen LogP contribution in [0, 0.1) is 10.6 Å². The third-order valence-electron chi connectivity index (χ3n) is 10.1. The van der Waals surface area contributed by atoms with E-state index < -0.39 is 35.1 Å². The molecule has 2 atom stereocenters. The SMILES string of the molecule is CC(C)c1c2c(c3c([n+]1[O-])CC(C)(C)C[C@@H]3O[Si](C)(C)C(C)(C)C)C1(CCOCC1)O[C@@H]2c1ccc(S(F)(F)(F)(F)F)cc1. The smallest absolute Gasteiger partial charge is 0.310 e. The lowest BCUT2D eigenvalue weighted by Crippen LogP contribution is -2.49. The normalized spacial score (nSPS) is 25.0. The van der Waals surface area contributed by atoms with Crippen molar-refractivity contribution < 1.29 is 38.1 Å². The molecule has 5 nitrogen and oxygen atoms in total. The van der Waals surface area contributed by atoms with E-state index in [1.165, 1.54) is 0 Å². The second-order valence-corrected chi connectivity index (χ2v) is 22.7. The Labute approximate surface area is 258 Å². The van der Waals surface area contributed by atoms with Crippen LogP contribution in [0.15, 0.2) is 29.2 Å². The Kier molecular flexibility index (Phi) is 7.38. The van der Waals surface area contributed by atoms with E-state index in [4.69, 9.17) is 13.9 Å². The van der Waals surface area contributed by atoms with Crippen LogP contribution in [-0.2, 0) is 25.9 Å². The highest BCUT2D eigenvalue weighted by molar-refractivity contribution is 8.45. The van der Waals surface area contributed by atoms with Gasteiger partial charge in [0.1, 0.15) is 11.0 Å². The number of fused-ring (bicyclic) bond motifs is 4. The van der Waals surface area contributed by atoms with Crippen molar-refractivity contribution in [3.63, 3.8) is 0 Å². The maximum absolute atomic E-state index is 14.5. The lowest BCUT2D eigenvalue weighted by atomic mass is 9.69. The zero-order valence-electron chi connectivity index (χ0n) is 27.2. The lowest BCUT2D eigenvalue weighted by Gasteiger charge is -2.45. The highest BCUT2D eigenvalue weighted by atomic mass is 32.5. The minimum absolute atomic E-state index is 0.0940. The van der Waals surface area contributed by atoms with Crippen LogP contribution in [0.1, 0.15) is 119 Å². The third-order valence-corrected chi connectivity index (χ3v) is 15.7. The second kappa shape index (κ2) is 9.65. The van der Waals surface area contributed by atoms with Gasteiger partial charge in [0.15, 0.2) is 14.0 Å². The lowest BCUT2D eigenvalue weighted by molar-refractivity contribution is -0.626. The summed E-state index contributed by atoms with van der Waals surface area (Å²) >= 11 is 0. The molecule has 44 heavy (non-hydrogen) atoms. The minimum Gasteiger partial charge on any atom is -0.618 e. The first-order valence-electron chi connectivity index (χ1n) is 15.4. The van der Waals surface area contributed by atoms with Crippen molar-refractivity contribution in [2.75, 3.05) is 13.2 Å². The van der Waals surface area contributed by atoms with Gasteiger partial charge in [0.2, 0.25) is 5.69 Å². The van der Waals surface area contributed by atoms with Crippen LogP contribution in [-0.4, -0.2) is 21.5 Å². The van der Waals surface area contributed by atoms with Crippen molar-refractivity contribution in [1.29, 1.82) is 0 Å². The Morgan fingerprint density at radius 1 is 1.00 bits per heavy atom. The van der Waals surface area contributed by atoms with Crippen LogP contribution in [0.5, 0.6) is 0 Å². The molecule has 0 saturated carbocycles. The summed E-state index contributed by atoms with van der Waals surface area (Å²) in [5.74, 6) is -0.249. The van der Waals surface area contributed by atoms with Gasteiger partial charge in [-0.2, -0.15) is 4.73 Å². The first-order valence-corrected chi connectivity index (χ1v) is 20.2. The highest BCUT2D eigenvalue weighted by Crippen LogP contribution is 3.02. The molecule has 12 heteroatoms. The van der Waals surface area contributed by atoms with Crippen molar-refractivity contribution in [3.05, 3.63) is 63.1 Å². The number of halogens is 5. The zero-order valence-corrected chi connectivity index (χ0v) is 29.0. The van der Waals surface area contributed by atoms with Gasteiger partial charge >= 0.3 is 10.2 Å². The Balaban J connectivity index is 1.81. The van der Waals surface area contributed by atoms with Crippen LogP contribution < -0.4 is 4.73 Å². The number of benzene rings is 1. The van der Waals surface area contributed by atoms with E-state index >= 15 is 0 Å². The molecule has 3 heterocycles. The number of hydrogen-bond acceptors (Lipinski definition) is 4. The van der Waals surface area contributed by atoms with Crippen LogP contribution in [0.4, 0.5) is 19.4 Å². The van der Waals surface area contributed by atoms with E-state index in [0.29, 0.717) is 73.5 Å².